The van der Waals surface area contributed by atoms with Gasteiger partial charge in [-0.3, -0.25) is 0 Å². The molecule has 0 spiro atoms. The maximum Gasteiger partial charge on any atom is 0.143 e. The van der Waals surface area contributed by atoms with Crippen molar-refractivity contribution in [3.05, 3.63) is 114 Å². The van der Waals surface area contributed by atoms with Crippen LogP contribution < -0.4 is 4.74 Å². The van der Waals surface area contributed by atoms with Crippen LogP contribution in [0.1, 0.15) is 11.1 Å². The SMILES string of the molecule is COc1cc(C=Cc2ccccc2)c2c(-c3ccccc3)c(-c3ccccc3)oc2c1. The van der Waals surface area contributed by atoms with Crippen molar-refractivity contribution in [1.29, 1.82) is 0 Å². The number of hydrogen-bond donors (Lipinski definition) is 0. The molecule has 1 heterocycles. The molecule has 0 N–H and O–H groups in total. The van der Waals surface area contributed by atoms with Crippen molar-refractivity contribution >= 4 is 23.1 Å². The first kappa shape index (κ1) is 19.0. The molecule has 150 valence electrons. The van der Waals surface area contributed by atoms with Gasteiger partial charge in [0.1, 0.15) is 17.1 Å². The van der Waals surface area contributed by atoms with Crippen molar-refractivity contribution in [2.45, 2.75) is 0 Å². The molecule has 0 aliphatic heterocycles. The predicted octanol–water partition coefficient (Wildman–Crippen LogP) is 7.95. The summed E-state index contributed by atoms with van der Waals surface area (Å²) in [6, 6.07) is 35.0. The normalized spacial score (nSPS) is 11.3. The molecular formula is C29H22O2. The van der Waals surface area contributed by atoms with E-state index in [0.717, 1.165) is 50.3 Å². The largest absolute Gasteiger partial charge is 0.497 e. The van der Waals surface area contributed by atoms with Gasteiger partial charge in [0.05, 0.1) is 7.11 Å². The summed E-state index contributed by atoms with van der Waals surface area (Å²) in [4.78, 5) is 0. The number of rotatable bonds is 5. The van der Waals surface area contributed by atoms with Crippen molar-refractivity contribution < 1.29 is 9.15 Å². The Balaban J connectivity index is 1.80. The molecule has 0 aliphatic rings. The zero-order valence-corrected chi connectivity index (χ0v) is 17.3. The Morgan fingerprint density at radius 2 is 1.29 bits per heavy atom. The van der Waals surface area contributed by atoms with Crippen LogP contribution in [0.2, 0.25) is 0 Å². The van der Waals surface area contributed by atoms with Crippen molar-refractivity contribution in [1.82, 2.24) is 0 Å². The lowest BCUT2D eigenvalue weighted by atomic mass is 9.95. The van der Waals surface area contributed by atoms with Crippen molar-refractivity contribution in [2.24, 2.45) is 0 Å². The van der Waals surface area contributed by atoms with E-state index in [0.29, 0.717) is 0 Å². The molecular weight excluding hydrogens is 380 g/mol. The Morgan fingerprint density at radius 1 is 0.677 bits per heavy atom. The van der Waals surface area contributed by atoms with Gasteiger partial charge in [0.2, 0.25) is 0 Å². The second-order valence-electron chi connectivity index (χ2n) is 7.37. The Labute approximate surface area is 182 Å². The van der Waals surface area contributed by atoms with E-state index in [-0.39, 0.29) is 0 Å². The Hall–Kier alpha value is -4.04. The average Bonchev–Trinajstić information content (AvgIpc) is 3.24. The molecule has 0 fully saturated rings. The van der Waals surface area contributed by atoms with Gasteiger partial charge in [-0.05, 0) is 22.8 Å². The summed E-state index contributed by atoms with van der Waals surface area (Å²) in [6.45, 7) is 0. The van der Waals surface area contributed by atoms with Crippen molar-refractivity contribution in [3.63, 3.8) is 0 Å². The van der Waals surface area contributed by atoms with E-state index in [1.807, 2.05) is 48.5 Å². The quantitative estimate of drug-likeness (QED) is 0.278. The molecule has 0 bridgehead atoms. The van der Waals surface area contributed by atoms with Gasteiger partial charge in [0, 0.05) is 22.6 Å². The summed E-state index contributed by atoms with van der Waals surface area (Å²) < 4.78 is 12.0. The number of ether oxygens (including phenoxy) is 1. The standard InChI is InChI=1S/C29H22O2/c1-30-25-19-24(18-17-21-11-5-2-6-12-21)27-26(20-25)31-29(23-15-9-4-10-16-23)28(27)22-13-7-3-8-14-22/h2-20H,1H3. The van der Waals surface area contributed by atoms with Crippen LogP contribution in [0.15, 0.2) is 108 Å². The van der Waals surface area contributed by atoms with Crippen LogP contribution >= 0.6 is 0 Å². The molecule has 0 saturated carbocycles. The minimum Gasteiger partial charge on any atom is -0.497 e. The van der Waals surface area contributed by atoms with E-state index < -0.39 is 0 Å². The fourth-order valence-electron chi connectivity index (χ4n) is 3.91. The van der Waals surface area contributed by atoms with Gasteiger partial charge in [0.25, 0.3) is 0 Å². The molecule has 0 atom stereocenters. The molecule has 5 rings (SSSR count). The summed E-state index contributed by atoms with van der Waals surface area (Å²) in [5.41, 5.74) is 6.28. The molecule has 2 nitrogen and oxygen atoms in total. The van der Waals surface area contributed by atoms with Crippen LogP contribution in [0.5, 0.6) is 5.75 Å². The molecule has 5 aromatic rings. The smallest absolute Gasteiger partial charge is 0.143 e. The van der Waals surface area contributed by atoms with Crippen molar-refractivity contribution in [3.8, 4) is 28.2 Å². The lowest BCUT2D eigenvalue weighted by Crippen LogP contribution is -1.86. The van der Waals surface area contributed by atoms with Gasteiger partial charge in [-0.2, -0.15) is 0 Å². The van der Waals surface area contributed by atoms with Crippen molar-refractivity contribution in [2.75, 3.05) is 7.11 Å². The van der Waals surface area contributed by atoms with E-state index in [1.165, 1.54) is 0 Å². The van der Waals surface area contributed by atoms with Crippen LogP contribution in [0, 0.1) is 0 Å². The molecule has 0 radical (unpaired) electrons. The monoisotopic (exact) mass is 402 g/mol. The zero-order valence-electron chi connectivity index (χ0n) is 17.3. The van der Waals surface area contributed by atoms with Gasteiger partial charge < -0.3 is 9.15 Å². The highest BCUT2D eigenvalue weighted by Crippen LogP contribution is 2.44. The van der Waals surface area contributed by atoms with Crippen LogP contribution in [0.3, 0.4) is 0 Å². The second kappa shape index (κ2) is 8.37. The number of benzene rings is 4. The van der Waals surface area contributed by atoms with Crippen LogP contribution in [-0.4, -0.2) is 7.11 Å². The molecule has 0 saturated heterocycles. The van der Waals surface area contributed by atoms with E-state index in [1.54, 1.807) is 7.11 Å². The number of methoxy groups -OCH3 is 1. The number of hydrogen-bond acceptors (Lipinski definition) is 2. The first-order valence-electron chi connectivity index (χ1n) is 10.3. The number of furan rings is 1. The summed E-state index contributed by atoms with van der Waals surface area (Å²) in [5.74, 6) is 1.64. The maximum atomic E-state index is 6.46. The Bertz CT molecular complexity index is 1330. The maximum absolute atomic E-state index is 6.46. The Kier molecular flexibility index (Phi) is 5.12. The van der Waals surface area contributed by atoms with Crippen LogP contribution in [0.25, 0.3) is 45.6 Å². The molecule has 0 aliphatic carbocycles. The summed E-state index contributed by atoms with van der Waals surface area (Å²) in [6.07, 6.45) is 4.26. The summed E-state index contributed by atoms with van der Waals surface area (Å²) >= 11 is 0. The highest BCUT2D eigenvalue weighted by Gasteiger charge is 2.20. The van der Waals surface area contributed by atoms with E-state index >= 15 is 0 Å². The van der Waals surface area contributed by atoms with Gasteiger partial charge >= 0.3 is 0 Å². The third-order valence-corrected chi connectivity index (χ3v) is 5.38. The molecule has 2 heteroatoms. The summed E-state index contributed by atoms with van der Waals surface area (Å²) in [5, 5.41) is 1.08. The minimum absolute atomic E-state index is 0.771. The lowest BCUT2D eigenvalue weighted by Gasteiger charge is -2.07. The third kappa shape index (κ3) is 3.76. The van der Waals surface area contributed by atoms with E-state index in [2.05, 4.69) is 66.7 Å². The fraction of sp³-hybridized carbons (Fsp3) is 0.0345. The average molecular weight is 402 g/mol. The van der Waals surface area contributed by atoms with Crippen LogP contribution in [0.4, 0.5) is 0 Å². The van der Waals surface area contributed by atoms with Gasteiger partial charge in [0.15, 0.2) is 0 Å². The first-order chi connectivity index (χ1) is 15.3. The molecule has 31 heavy (non-hydrogen) atoms. The fourth-order valence-corrected chi connectivity index (χ4v) is 3.91. The highest BCUT2D eigenvalue weighted by atomic mass is 16.5. The minimum atomic E-state index is 0.771. The Morgan fingerprint density at radius 3 is 1.94 bits per heavy atom. The lowest BCUT2D eigenvalue weighted by molar-refractivity contribution is 0.414. The summed E-state index contributed by atoms with van der Waals surface area (Å²) in [7, 11) is 1.69. The van der Waals surface area contributed by atoms with E-state index in [4.69, 9.17) is 9.15 Å². The second-order valence-corrected chi connectivity index (χ2v) is 7.37. The first-order valence-corrected chi connectivity index (χ1v) is 10.3. The molecule has 0 unspecified atom stereocenters. The molecule has 1 aromatic heterocycles. The van der Waals surface area contributed by atoms with Gasteiger partial charge in [-0.1, -0.05) is 103 Å². The third-order valence-electron chi connectivity index (χ3n) is 5.38. The predicted molar refractivity (Wildman–Crippen MR) is 129 cm³/mol. The highest BCUT2D eigenvalue weighted by molar-refractivity contribution is 6.07. The molecule has 4 aromatic carbocycles. The van der Waals surface area contributed by atoms with Gasteiger partial charge in [-0.15, -0.1) is 0 Å². The van der Waals surface area contributed by atoms with Gasteiger partial charge in [-0.25, -0.2) is 0 Å². The number of fused-ring (bicyclic) bond motifs is 1. The molecule has 0 amide bonds. The topological polar surface area (TPSA) is 22.4 Å². The zero-order chi connectivity index (χ0) is 21.0. The van der Waals surface area contributed by atoms with E-state index in [9.17, 15) is 0 Å². The van der Waals surface area contributed by atoms with Crippen LogP contribution in [-0.2, 0) is 0 Å².